The Hall–Kier alpha value is -6.53. The second kappa shape index (κ2) is 11.1. The quantitative estimate of drug-likeness (QED) is 0.195. The molecule has 9 aromatic rings. The van der Waals surface area contributed by atoms with E-state index in [0.29, 0.717) is 23.2 Å². The van der Waals surface area contributed by atoms with Crippen molar-refractivity contribution < 1.29 is 4.42 Å². The van der Waals surface area contributed by atoms with E-state index in [1.165, 1.54) is 0 Å². The predicted molar refractivity (Wildman–Crippen MR) is 187 cm³/mol. The van der Waals surface area contributed by atoms with E-state index in [0.717, 1.165) is 66.3 Å². The summed E-state index contributed by atoms with van der Waals surface area (Å²) >= 11 is 0. The SMILES string of the molecule is c1ccc(-c2nc(-c3ccccc3)nc(-c3ccc(-c4cccc5ccc(-c6ccc7c(n6)oc6cccnc67)cc45)cc3)n2)cc1. The van der Waals surface area contributed by atoms with Gasteiger partial charge in [-0.15, -0.1) is 0 Å². The number of benzene rings is 5. The molecule has 0 aliphatic carbocycles. The van der Waals surface area contributed by atoms with Gasteiger partial charge in [-0.05, 0) is 52.2 Å². The molecule has 220 valence electrons. The molecule has 47 heavy (non-hydrogen) atoms. The summed E-state index contributed by atoms with van der Waals surface area (Å²) in [5.74, 6) is 1.92. The lowest BCUT2D eigenvalue weighted by Gasteiger charge is -2.11. The smallest absolute Gasteiger partial charge is 0.229 e. The third-order valence-corrected chi connectivity index (χ3v) is 8.42. The number of hydrogen-bond donors (Lipinski definition) is 0. The van der Waals surface area contributed by atoms with Crippen LogP contribution in [0.5, 0.6) is 0 Å². The van der Waals surface area contributed by atoms with Gasteiger partial charge in [0.15, 0.2) is 23.1 Å². The minimum atomic E-state index is 0.587. The van der Waals surface area contributed by atoms with Crippen molar-refractivity contribution in [2.75, 3.05) is 0 Å². The van der Waals surface area contributed by atoms with E-state index in [4.69, 9.17) is 24.4 Å². The Balaban J connectivity index is 1.10. The van der Waals surface area contributed by atoms with Gasteiger partial charge in [-0.25, -0.2) is 19.9 Å². The van der Waals surface area contributed by atoms with E-state index in [9.17, 15) is 0 Å². The van der Waals surface area contributed by atoms with Crippen LogP contribution in [0.1, 0.15) is 0 Å². The molecule has 6 nitrogen and oxygen atoms in total. The van der Waals surface area contributed by atoms with Crippen molar-refractivity contribution in [1.82, 2.24) is 24.9 Å². The first-order valence-electron chi connectivity index (χ1n) is 15.4. The molecule has 9 rings (SSSR count). The van der Waals surface area contributed by atoms with Gasteiger partial charge in [-0.2, -0.15) is 0 Å². The number of fused-ring (bicyclic) bond motifs is 4. The van der Waals surface area contributed by atoms with Gasteiger partial charge in [0.25, 0.3) is 0 Å². The molecule has 0 N–H and O–H groups in total. The van der Waals surface area contributed by atoms with Crippen LogP contribution in [0.2, 0.25) is 0 Å². The molecule has 5 aromatic carbocycles. The molecule has 0 radical (unpaired) electrons. The summed E-state index contributed by atoms with van der Waals surface area (Å²) in [6, 6.07) is 49.2. The summed E-state index contributed by atoms with van der Waals surface area (Å²) in [7, 11) is 0. The molecule has 0 fully saturated rings. The van der Waals surface area contributed by atoms with Gasteiger partial charge in [0.1, 0.15) is 5.52 Å². The van der Waals surface area contributed by atoms with Gasteiger partial charge < -0.3 is 4.42 Å². The molecule has 4 aromatic heterocycles. The summed E-state index contributed by atoms with van der Waals surface area (Å²) in [6.45, 7) is 0. The molecular weight excluding hydrogens is 578 g/mol. The van der Waals surface area contributed by atoms with E-state index in [2.05, 4.69) is 65.6 Å². The van der Waals surface area contributed by atoms with Crippen LogP contribution in [0.25, 0.3) is 89.5 Å². The first-order chi connectivity index (χ1) is 23.3. The van der Waals surface area contributed by atoms with Crippen LogP contribution in [-0.4, -0.2) is 24.9 Å². The van der Waals surface area contributed by atoms with Gasteiger partial charge in [0.05, 0.1) is 11.1 Å². The fraction of sp³-hybridized carbons (Fsp3) is 0. The number of nitrogens with zero attached hydrogens (tertiary/aromatic N) is 5. The Morgan fingerprint density at radius 2 is 1.06 bits per heavy atom. The van der Waals surface area contributed by atoms with Crippen LogP contribution < -0.4 is 0 Å². The topological polar surface area (TPSA) is 77.6 Å². The lowest BCUT2D eigenvalue weighted by Crippen LogP contribution is -2.00. The highest BCUT2D eigenvalue weighted by molar-refractivity contribution is 6.02. The predicted octanol–water partition coefficient (Wildman–Crippen LogP) is 10.0. The molecule has 0 saturated carbocycles. The van der Waals surface area contributed by atoms with Crippen molar-refractivity contribution >= 4 is 33.0 Å². The first kappa shape index (κ1) is 26.8. The maximum absolute atomic E-state index is 6.02. The van der Waals surface area contributed by atoms with Crippen LogP contribution in [0.4, 0.5) is 0 Å². The van der Waals surface area contributed by atoms with Crippen molar-refractivity contribution in [2.24, 2.45) is 0 Å². The fourth-order valence-electron chi connectivity index (χ4n) is 6.06. The van der Waals surface area contributed by atoms with E-state index < -0.39 is 0 Å². The van der Waals surface area contributed by atoms with Crippen molar-refractivity contribution in [2.45, 2.75) is 0 Å². The standard InChI is InChI=1S/C41H25N5O/c1-3-9-28(10-4-1)38-44-39(29-11-5-2-6-12-29)46-40(45-38)30-19-16-27(17-20-30)32-14-7-13-26-18-21-31(25-34(26)32)35-23-22-33-37-36(15-8-24-42-37)47-41(33)43-35/h1-25H. The Kier molecular flexibility index (Phi) is 6.35. The number of rotatable bonds is 5. The normalized spacial score (nSPS) is 11.4. The fourth-order valence-corrected chi connectivity index (χ4v) is 6.06. The number of furan rings is 1. The summed E-state index contributed by atoms with van der Waals surface area (Å²) in [5.41, 5.74) is 9.07. The number of pyridine rings is 2. The van der Waals surface area contributed by atoms with E-state index in [-0.39, 0.29) is 0 Å². The van der Waals surface area contributed by atoms with E-state index >= 15 is 0 Å². The van der Waals surface area contributed by atoms with E-state index in [1.54, 1.807) is 6.20 Å². The highest BCUT2D eigenvalue weighted by atomic mass is 16.3. The molecule has 4 heterocycles. The van der Waals surface area contributed by atoms with Gasteiger partial charge in [-0.3, -0.25) is 4.98 Å². The maximum Gasteiger partial charge on any atom is 0.229 e. The summed E-state index contributed by atoms with van der Waals surface area (Å²) in [4.78, 5) is 24.0. The van der Waals surface area contributed by atoms with E-state index in [1.807, 2.05) is 84.9 Å². The van der Waals surface area contributed by atoms with Crippen molar-refractivity contribution in [1.29, 1.82) is 0 Å². The summed E-state index contributed by atoms with van der Waals surface area (Å²) in [6.07, 6.45) is 1.77. The third kappa shape index (κ3) is 4.89. The second-order valence-corrected chi connectivity index (χ2v) is 11.4. The zero-order valence-corrected chi connectivity index (χ0v) is 25.1. The average Bonchev–Trinajstić information content (AvgIpc) is 3.53. The lowest BCUT2D eigenvalue weighted by atomic mass is 9.95. The molecule has 0 saturated heterocycles. The summed E-state index contributed by atoms with van der Waals surface area (Å²) < 4.78 is 6.02. The molecule has 0 aliphatic rings. The van der Waals surface area contributed by atoms with Crippen LogP contribution in [0.3, 0.4) is 0 Å². The molecule has 0 bridgehead atoms. The Morgan fingerprint density at radius 1 is 0.426 bits per heavy atom. The van der Waals surface area contributed by atoms with Crippen LogP contribution in [-0.2, 0) is 0 Å². The van der Waals surface area contributed by atoms with Gasteiger partial charge in [0, 0.05) is 28.5 Å². The van der Waals surface area contributed by atoms with Crippen LogP contribution in [0, 0.1) is 0 Å². The highest BCUT2D eigenvalue weighted by Gasteiger charge is 2.14. The minimum Gasteiger partial charge on any atom is -0.436 e. The van der Waals surface area contributed by atoms with Gasteiger partial charge in [0.2, 0.25) is 5.71 Å². The Bertz CT molecular complexity index is 2500. The first-order valence-corrected chi connectivity index (χ1v) is 15.4. The van der Waals surface area contributed by atoms with Crippen molar-refractivity contribution in [3.63, 3.8) is 0 Å². The monoisotopic (exact) mass is 603 g/mol. The molecule has 6 heteroatoms. The van der Waals surface area contributed by atoms with Crippen LogP contribution in [0.15, 0.2) is 156 Å². The molecule has 0 spiro atoms. The maximum atomic E-state index is 6.02. The van der Waals surface area contributed by atoms with Crippen molar-refractivity contribution in [3.05, 3.63) is 152 Å². The number of hydrogen-bond acceptors (Lipinski definition) is 6. The van der Waals surface area contributed by atoms with Gasteiger partial charge >= 0.3 is 0 Å². The number of aromatic nitrogens is 5. The van der Waals surface area contributed by atoms with Gasteiger partial charge in [-0.1, -0.05) is 115 Å². The Morgan fingerprint density at radius 3 is 1.77 bits per heavy atom. The largest absolute Gasteiger partial charge is 0.436 e. The average molecular weight is 604 g/mol. The molecule has 0 atom stereocenters. The lowest BCUT2D eigenvalue weighted by molar-refractivity contribution is 0.654. The van der Waals surface area contributed by atoms with Crippen LogP contribution >= 0.6 is 0 Å². The minimum absolute atomic E-state index is 0.587. The third-order valence-electron chi connectivity index (χ3n) is 8.42. The highest BCUT2D eigenvalue weighted by Crippen LogP contribution is 2.35. The van der Waals surface area contributed by atoms with Crippen molar-refractivity contribution in [3.8, 4) is 56.5 Å². The molecule has 0 aliphatic heterocycles. The molecule has 0 unspecified atom stereocenters. The zero-order valence-electron chi connectivity index (χ0n) is 25.1. The second-order valence-electron chi connectivity index (χ2n) is 11.4. The zero-order chi connectivity index (χ0) is 31.2. The molecular formula is C41H25N5O. The molecule has 0 amide bonds. The summed E-state index contributed by atoms with van der Waals surface area (Å²) in [5, 5.41) is 3.21. The Labute approximate surface area is 270 Å².